The molecule has 7 rings (SSSR count). The molecule has 0 bridgehead atoms. The van der Waals surface area contributed by atoms with Gasteiger partial charge >= 0.3 is 0 Å². The molecule has 0 unspecified atom stereocenters. The van der Waals surface area contributed by atoms with Crippen molar-refractivity contribution in [1.29, 1.82) is 0 Å². The summed E-state index contributed by atoms with van der Waals surface area (Å²) in [6.45, 7) is 4.43. The van der Waals surface area contributed by atoms with Crippen LogP contribution in [0.15, 0.2) is 127 Å². The minimum absolute atomic E-state index is 1.22. The van der Waals surface area contributed by atoms with Crippen LogP contribution in [0.5, 0.6) is 0 Å². The highest BCUT2D eigenvalue weighted by Crippen LogP contribution is 2.43. The van der Waals surface area contributed by atoms with E-state index < -0.39 is 0 Å². The topological polar surface area (TPSA) is 4.41 Å². The SMILES string of the molecule is Cc1cc2c3ccccc3c3ccc(-c4c(-c5ccccc5)cccc4-c4ccccc4)n3c2cc1C. The van der Waals surface area contributed by atoms with Crippen molar-refractivity contribution < 1.29 is 0 Å². The largest absolute Gasteiger partial charge is 0.309 e. The summed E-state index contributed by atoms with van der Waals surface area (Å²) in [5, 5.41) is 3.88. The number of fused-ring (bicyclic) bond motifs is 6. The van der Waals surface area contributed by atoms with Crippen molar-refractivity contribution in [3.8, 4) is 33.5 Å². The predicted octanol–water partition coefficient (Wildman–Crippen LogP) is 9.86. The first-order chi connectivity index (χ1) is 18.2. The van der Waals surface area contributed by atoms with E-state index in [4.69, 9.17) is 0 Å². The molecule has 2 heterocycles. The molecule has 37 heavy (non-hydrogen) atoms. The van der Waals surface area contributed by atoms with Crippen LogP contribution in [0.4, 0.5) is 0 Å². The lowest BCUT2D eigenvalue weighted by Gasteiger charge is -2.19. The van der Waals surface area contributed by atoms with Gasteiger partial charge in [0, 0.05) is 16.3 Å². The lowest BCUT2D eigenvalue weighted by molar-refractivity contribution is 1.26. The molecule has 1 heteroatoms. The van der Waals surface area contributed by atoms with Crippen LogP contribution >= 0.6 is 0 Å². The maximum absolute atomic E-state index is 2.48. The second-order valence-corrected chi connectivity index (χ2v) is 9.90. The standard InChI is InChI=1S/C36H27N/c1-24-22-32-30-16-9-10-17-31(30)33-20-21-34(37(33)35(32)23-25(24)2)36-28(26-12-5-3-6-13-26)18-11-19-29(36)27-14-7-4-8-15-27/h3-23H,1-2H3. The highest BCUT2D eigenvalue weighted by atomic mass is 14.9. The van der Waals surface area contributed by atoms with Gasteiger partial charge in [0.2, 0.25) is 0 Å². The Morgan fingerprint density at radius 1 is 0.432 bits per heavy atom. The summed E-state index contributed by atoms with van der Waals surface area (Å²) in [5.41, 5.74) is 12.5. The van der Waals surface area contributed by atoms with Crippen LogP contribution in [-0.2, 0) is 0 Å². The van der Waals surface area contributed by atoms with Crippen LogP contribution < -0.4 is 0 Å². The molecule has 176 valence electrons. The van der Waals surface area contributed by atoms with Crippen molar-refractivity contribution in [1.82, 2.24) is 4.40 Å². The molecular formula is C36H27N. The van der Waals surface area contributed by atoms with Gasteiger partial charge in [-0.25, -0.2) is 0 Å². The molecule has 0 spiro atoms. The van der Waals surface area contributed by atoms with E-state index in [0.29, 0.717) is 0 Å². The molecule has 0 aliphatic rings. The van der Waals surface area contributed by atoms with Crippen molar-refractivity contribution in [3.05, 3.63) is 139 Å². The monoisotopic (exact) mass is 473 g/mol. The highest BCUT2D eigenvalue weighted by molar-refractivity contribution is 6.14. The second-order valence-electron chi connectivity index (χ2n) is 9.90. The molecule has 0 saturated heterocycles. The summed E-state index contributed by atoms with van der Waals surface area (Å²) in [4.78, 5) is 0. The number of hydrogen-bond acceptors (Lipinski definition) is 0. The van der Waals surface area contributed by atoms with Crippen molar-refractivity contribution in [2.24, 2.45) is 0 Å². The molecule has 0 N–H and O–H groups in total. The van der Waals surface area contributed by atoms with Gasteiger partial charge in [0.25, 0.3) is 0 Å². The van der Waals surface area contributed by atoms with Crippen molar-refractivity contribution >= 4 is 27.2 Å². The number of benzene rings is 5. The van der Waals surface area contributed by atoms with Gasteiger partial charge in [-0.1, -0.05) is 103 Å². The Kier molecular flexibility index (Phi) is 4.97. The normalized spacial score (nSPS) is 11.5. The quantitative estimate of drug-likeness (QED) is 0.225. The zero-order valence-corrected chi connectivity index (χ0v) is 21.1. The van der Waals surface area contributed by atoms with Gasteiger partial charge in [0.05, 0.1) is 16.7 Å². The number of aryl methyl sites for hydroxylation is 2. The van der Waals surface area contributed by atoms with Crippen molar-refractivity contribution in [3.63, 3.8) is 0 Å². The number of hydrogen-bond donors (Lipinski definition) is 0. The molecule has 0 amide bonds. The first kappa shape index (κ1) is 21.6. The molecule has 0 aliphatic carbocycles. The molecule has 0 aliphatic heterocycles. The molecule has 0 fully saturated rings. The molecule has 0 atom stereocenters. The maximum atomic E-state index is 2.48. The Bertz CT molecular complexity index is 1870. The Labute approximate surface area is 217 Å². The fraction of sp³-hybridized carbons (Fsp3) is 0.0556. The first-order valence-corrected chi connectivity index (χ1v) is 12.9. The third kappa shape index (κ3) is 3.39. The van der Waals surface area contributed by atoms with Crippen molar-refractivity contribution in [2.45, 2.75) is 13.8 Å². The minimum Gasteiger partial charge on any atom is -0.309 e. The Hall–Kier alpha value is -4.62. The van der Waals surface area contributed by atoms with Gasteiger partial charge in [-0.2, -0.15) is 0 Å². The van der Waals surface area contributed by atoms with Gasteiger partial charge in [-0.05, 0) is 76.9 Å². The van der Waals surface area contributed by atoms with Crippen LogP contribution in [0.1, 0.15) is 11.1 Å². The van der Waals surface area contributed by atoms with E-state index in [1.165, 1.54) is 71.8 Å². The lowest BCUT2D eigenvalue weighted by Crippen LogP contribution is -1.98. The summed E-state index contributed by atoms with van der Waals surface area (Å²) in [7, 11) is 0. The van der Waals surface area contributed by atoms with E-state index in [1.54, 1.807) is 0 Å². The molecule has 7 aromatic rings. The predicted molar refractivity (Wildman–Crippen MR) is 158 cm³/mol. The molecule has 5 aromatic carbocycles. The number of rotatable bonds is 3. The van der Waals surface area contributed by atoms with Crippen molar-refractivity contribution in [2.75, 3.05) is 0 Å². The molecule has 1 nitrogen and oxygen atoms in total. The fourth-order valence-corrected chi connectivity index (χ4v) is 5.79. The van der Waals surface area contributed by atoms with Crippen LogP contribution in [0.2, 0.25) is 0 Å². The zero-order valence-electron chi connectivity index (χ0n) is 21.1. The van der Waals surface area contributed by atoms with E-state index in [2.05, 4.69) is 146 Å². The Balaban J connectivity index is 1.68. The third-order valence-corrected chi connectivity index (χ3v) is 7.72. The molecule has 0 radical (unpaired) electrons. The van der Waals surface area contributed by atoms with E-state index in [9.17, 15) is 0 Å². The average Bonchev–Trinajstić information content (AvgIpc) is 3.40. The Morgan fingerprint density at radius 3 is 1.65 bits per heavy atom. The molecule has 0 saturated carbocycles. The van der Waals surface area contributed by atoms with Crippen LogP contribution in [0.3, 0.4) is 0 Å². The number of pyridine rings is 1. The number of aromatic nitrogens is 1. The zero-order chi connectivity index (χ0) is 24.9. The summed E-state index contributed by atoms with van der Waals surface area (Å²) in [6.07, 6.45) is 0. The van der Waals surface area contributed by atoms with E-state index in [-0.39, 0.29) is 0 Å². The molecular weight excluding hydrogens is 446 g/mol. The summed E-state index contributed by atoms with van der Waals surface area (Å²) in [6, 6.07) is 46.4. The van der Waals surface area contributed by atoms with Crippen LogP contribution in [0.25, 0.3) is 60.7 Å². The van der Waals surface area contributed by atoms with Gasteiger partial charge in [-0.3, -0.25) is 0 Å². The van der Waals surface area contributed by atoms with E-state index in [0.717, 1.165) is 0 Å². The Morgan fingerprint density at radius 2 is 1.00 bits per heavy atom. The van der Waals surface area contributed by atoms with Gasteiger partial charge < -0.3 is 4.40 Å². The molecule has 2 aromatic heterocycles. The number of nitrogens with zero attached hydrogens (tertiary/aromatic N) is 1. The van der Waals surface area contributed by atoms with Gasteiger partial charge in [0.1, 0.15) is 0 Å². The maximum Gasteiger partial charge on any atom is 0.0547 e. The van der Waals surface area contributed by atoms with Gasteiger partial charge in [0.15, 0.2) is 0 Å². The smallest absolute Gasteiger partial charge is 0.0547 e. The summed E-state index contributed by atoms with van der Waals surface area (Å²) < 4.78 is 2.48. The average molecular weight is 474 g/mol. The third-order valence-electron chi connectivity index (χ3n) is 7.72. The highest BCUT2D eigenvalue weighted by Gasteiger charge is 2.19. The second kappa shape index (κ2) is 8.50. The van der Waals surface area contributed by atoms with Crippen LogP contribution in [0, 0.1) is 13.8 Å². The minimum atomic E-state index is 1.22. The summed E-state index contributed by atoms with van der Waals surface area (Å²) >= 11 is 0. The van der Waals surface area contributed by atoms with E-state index in [1.807, 2.05) is 0 Å². The van der Waals surface area contributed by atoms with E-state index >= 15 is 0 Å². The lowest BCUT2D eigenvalue weighted by atomic mass is 9.90. The van der Waals surface area contributed by atoms with Crippen LogP contribution in [-0.4, -0.2) is 4.40 Å². The van der Waals surface area contributed by atoms with Gasteiger partial charge in [-0.15, -0.1) is 0 Å². The summed E-state index contributed by atoms with van der Waals surface area (Å²) in [5.74, 6) is 0. The first-order valence-electron chi connectivity index (χ1n) is 12.9. The fourth-order valence-electron chi connectivity index (χ4n) is 5.79.